The van der Waals surface area contributed by atoms with Crippen LogP contribution in [-0.4, -0.2) is 44.4 Å². The standard InChI is InChI=1S/C20H34N4O3/c1-7-21-18(22-11-8-12-23-19(25)27-20(3,4)5)24-14-16-10-9-15(2)17(13-16)26-6/h9-10,13H,7-8,11-12,14H2,1-6H3,(H,23,25)(H2,21,22,24). The number of methoxy groups -OCH3 is 1. The summed E-state index contributed by atoms with van der Waals surface area (Å²) in [7, 11) is 1.67. The number of nitrogens with one attached hydrogen (secondary N) is 3. The van der Waals surface area contributed by atoms with E-state index in [0.29, 0.717) is 19.6 Å². The van der Waals surface area contributed by atoms with Crippen LogP contribution in [0, 0.1) is 6.92 Å². The van der Waals surface area contributed by atoms with Crippen LogP contribution in [0.15, 0.2) is 23.2 Å². The van der Waals surface area contributed by atoms with Gasteiger partial charge in [0.2, 0.25) is 0 Å². The molecule has 7 nitrogen and oxygen atoms in total. The molecule has 27 heavy (non-hydrogen) atoms. The molecule has 0 aliphatic carbocycles. The van der Waals surface area contributed by atoms with Crippen LogP contribution in [0.1, 0.15) is 45.2 Å². The first-order chi connectivity index (χ1) is 12.7. The van der Waals surface area contributed by atoms with E-state index in [9.17, 15) is 4.79 Å². The van der Waals surface area contributed by atoms with Gasteiger partial charge in [0.05, 0.1) is 13.7 Å². The quantitative estimate of drug-likeness (QED) is 0.368. The summed E-state index contributed by atoms with van der Waals surface area (Å²) in [5.41, 5.74) is 1.71. The number of ether oxygens (including phenoxy) is 2. The van der Waals surface area contributed by atoms with Crippen LogP contribution in [0.25, 0.3) is 0 Å². The summed E-state index contributed by atoms with van der Waals surface area (Å²) < 4.78 is 10.6. The molecule has 1 aromatic carbocycles. The number of benzene rings is 1. The number of hydrogen-bond donors (Lipinski definition) is 3. The topological polar surface area (TPSA) is 84.0 Å². The van der Waals surface area contributed by atoms with Crippen LogP contribution in [0.3, 0.4) is 0 Å². The average molecular weight is 379 g/mol. The van der Waals surface area contributed by atoms with Crippen LogP contribution in [0.4, 0.5) is 4.79 Å². The Hall–Kier alpha value is -2.44. The molecule has 0 aliphatic heterocycles. The van der Waals surface area contributed by atoms with E-state index in [2.05, 4.69) is 27.0 Å². The van der Waals surface area contributed by atoms with Gasteiger partial charge < -0.3 is 25.4 Å². The lowest BCUT2D eigenvalue weighted by molar-refractivity contribution is 0.0527. The molecule has 0 spiro atoms. The van der Waals surface area contributed by atoms with Crippen LogP contribution < -0.4 is 20.7 Å². The van der Waals surface area contributed by atoms with Crippen molar-refractivity contribution < 1.29 is 14.3 Å². The molecule has 7 heteroatoms. The zero-order chi connectivity index (χ0) is 20.3. The fourth-order valence-corrected chi connectivity index (χ4v) is 2.27. The van der Waals surface area contributed by atoms with Crippen molar-refractivity contribution in [1.82, 2.24) is 16.0 Å². The third-order valence-corrected chi connectivity index (χ3v) is 3.55. The van der Waals surface area contributed by atoms with Gasteiger partial charge in [0.15, 0.2) is 5.96 Å². The van der Waals surface area contributed by atoms with Crippen molar-refractivity contribution in [2.24, 2.45) is 4.99 Å². The normalized spacial score (nSPS) is 11.7. The minimum Gasteiger partial charge on any atom is -0.496 e. The number of guanidine groups is 1. The maximum absolute atomic E-state index is 11.6. The summed E-state index contributed by atoms with van der Waals surface area (Å²) in [6, 6.07) is 6.09. The number of amides is 1. The van der Waals surface area contributed by atoms with E-state index < -0.39 is 11.7 Å². The van der Waals surface area contributed by atoms with Crippen LogP contribution in [0.5, 0.6) is 5.75 Å². The van der Waals surface area contributed by atoms with E-state index in [-0.39, 0.29) is 0 Å². The Bertz CT molecular complexity index is 624. The predicted octanol–water partition coefficient (Wildman–Crippen LogP) is 2.97. The Labute approximate surface area is 162 Å². The zero-order valence-corrected chi connectivity index (χ0v) is 17.4. The first-order valence-corrected chi connectivity index (χ1v) is 9.37. The van der Waals surface area contributed by atoms with E-state index in [1.54, 1.807) is 7.11 Å². The molecule has 0 saturated heterocycles. The van der Waals surface area contributed by atoms with Crippen LogP contribution in [-0.2, 0) is 11.3 Å². The Kier molecular flexibility index (Phi) is 9.47. The van der Waals surface area contributed by atoms with Crippen molar-refractivity contribution in [3.63, 3.8) is 0 Å². The molecular weight excluding hydrogens is 344 g/mol. The van der Waals surface area contributed by atoms with Crippen molar-refractivity contribution in [2.45, 2.75) is 53.2 Å². The molecule has 0 heterocycles. The second-order valence-corrected chi connectivity index (χ2v) is 7.21. The molecule has 0 unspecified atom stereocenters. The van der Waals surface area contributed by atoms with Gasteiger partial charge in [0, 0.05) is 19.6 Å². The molecule has 0 atom stereocenters. The summed E-state index contributed by atoms with van der Waals surface area (Å²) in [6.07, 6.45) is 0.374. The lowest BCUT2D eigenvalue weighted by atomic mass is 10.1. The third-order valence-electron chi connectivity index (χ3n) is 3.55. The van der Waals surface area contributed by atoms with E-state index in [4.69, 9.17) is 9.47 Å². The molecule has 0 fully saturated rings. The zero-order valence-electron chi connectivity index (χ0n) is 17.4. The molecule has 0 radical (unpaired) electrons. The van der Waals surface area contributed by atoms with Crippen LogP contribution >= 0.6 is 0 Å². The van der Waals surface area contributed by atoms with E-state index in [1.165, 1.54) is 0 Å². The Balaban J connectivity index is 2.43. The second-order valence-electron chi connectivity index (χ2n) is 7.21. The molecule has 0 aliphatic rings. The molecule has 0 aromatic heterocycles. The molecule has 1 rings (SSSR count). The molecular formula is C20H34N4O3. The van der Waals surface area contributed by atoms with Gasteiger partial charge in [0.25, 0.3) is 0 Å². The second kappa shape index (κ2) is 11.3. The number of carbonyl (C=O) groups excluding carboxylic acids is 1. The predicted molar refractivity (Wildman–Crippen MR) is 109 cm³/mol. The number of aliphatic imine (C=N–C) groups is 1. The number of carbonyl (C=O) groups is 1. The van der Waals surface area contributed by atoms with Gasteiger partial charge in [-0.25, -0.2) is 9.79 Å². The monoisotopic (exact) mass is 378 g/mol. The van der Waals surface area contributed by atoms with Gasteiger partial charge in [-0.3, -0.25) is 0 Å². The largest absolute Gasteiger partial charge is 0.496 e. The minimum absolute atomic E-state index is 0.392. The third kappa shape index (κ3) is 9.72. The molecule has 1 amide bonds. The van der Waals surface area contributed by atoms with Crippen LogP contribution in [0.2, 0.25) is 0 Å². The van der Waals surface area contributed by atoms with Gasteiger partial charge in [-0.15, -0.1) is 0 Å². The highest BCUT2D eigenvalue weighted by Gasteiger charge is 2.15. The fourth-order valence-electron chi connectivity index (χ4n) is 2.27. The number of rotatable bonds is 8. The van der Waals surface area contributed by atoms with E-state index in [1.807, 2.05) is 46.8 Å². The van der Waals surface area contributed by atoms with Gasteiger partial charge in [-0.1, -0.05) is 12.1 Å². The molecule has 0 bridgehead atoms. The summed E-state index contributed by atoms with van der Waals surface area (Å²) >= 11 is 0. The maximum atomic E-state index is 11.6. The Morgan fingerprint density at radius 1 is 1.15 bits per heavy atom. The highest BCUT2D eigenvalue weighted by atomic mass is 16.6. The molecule has 3 N–H and O–H groups in total. The highest BCUT2D eigenvalue weighted by molar-refractivity contribution is 5.79. The Morgan fingerprint density at radius 3 is 2.48 bits per heavy atom. The molecule has 152 valence electrons. The lowest BCUT2D eigenvalue weighted by Gasteiger charge is -2.19. The number of alkyl carbamates (subject to hydrolysis) is 1. The van der Waals surface area contributed by atoms with Gasteiger partial charge in [0.1, 0.15) is 11.4 Å². The van der Waals surface area contributed by atoms with E-state index in [0.717, 1.165) is 35.8 Å². The van der Waals surface area contributed by atoms with Gasteiger partial charge in [-0.05, 0) is 58.2 Å². The fraction of sp³-hybridized carbons (Fsp3) is 0.600. The van der Waals surface area contributed by atoms with E-state index >= 15 is 0 Å². The Morgan fingerprint density at radius 2 is 1.85 bits per heavy atom. The molecule has 0 saturated carbocycles. The average Bonchev–Trinajstić information content (AvgIpc) is 2.58. The summed E-state index contributed by atoms with van der Waals surface area (Å²) in [5.74, 6) is 1.61. The number of hydrogen-bond acceptors (Lipinski definition) is 4. The maximum Gasteiger partial charge on any atom is 0.407 e. The van der Waals surface area contributed by atoms with Crippen molar-refractivity contribution in [2.75, 3.05) is 26.7 Å². The summed E-state index contributed by atoms with van der Waals surface area (Å²) in [4.78, 5) is 16.2. The van der Waals surface area contributed by atoms with Gasteiger partial charge in [-0.2, -0.15) is 0 Å². The van der Waals surface area contributed by atoms with Crippen molar-refractivity contribution in [1.29, 1.82) is 0 Å². The minimum atomic E-state index is -0.480. The summed E-state index contributed by atoms with van der Waals surface area (Å²) in [5, 5.41) is 9.23. The van der Waals surface area contributed by atoms with Crippen molar-refractivity contribution in [3.05, 3.63) is 29.3 Å². The lowest BCUT2D eigenvalue weighted by Crippen LogP contribution is -2.39. The first-order valence-electron chi connectivity index (χ1n) is 9.37. The number of nitrogens with zero attached hydrogens (tertiary/aromatic N) is 1. The highest BCUT2D eigenvalue weighted by Crippen LogP contribution is 2.19. The SMILES string of the molecule is CCNC(=NCc1ccc(C)c(OC)c1)NCCCNC(=O)OC(C)(C)C. The molecule has 1 aromatic rings. The van der Waals surface area contributed by atoms with Gasteiger partial charge >= 0.3 is 6.09 Å². The van der Waals surface area contributed by atoms with Crippen molar-refractivity contribution in [3.8, 4) is 5.75 Å². The summed E-state index contributed by atoms with van der Waals surface area (Å²) in [6.45, 7) is 12.1. The first kappa shape index (κ1) is 22.6. The van der Waals surface area contributed by atoms with Crippen molar-refractivity contribution >= 4 is 12.1 Å². The smallest absolute Gasteiger partial charge is 0.407 e. The number of aryl methyl sites for hydroxylation is 1.